The standard InChI is InChI=1S/C20H22N4O6S2/c1-13(2)31(26,27)16-9-5-14(6-10-16)18(25)21-20-23-22-19(30-20)15-7-11-17(12-8-15)32(28,29)24(3)4/h5-13H,1-4H3,(H,21,23,25). The average Bonchev–Trinajstić information content (AvgIpc) is 3.22. The molecule has 3 aromatic rings. The molecule has 0 unspecified atom stereocenters. The van der Waals surface area contributed by atoms with Crippen LogP contribution in [0.3, 0.4) is 0 Å². The first-order valence-electron chi connectivity index (χ1n) is 9.44. The molecule has 0 aliphatic heterocycles. The fourth-order valence-electron chi connectivity index (χ4n) is 2.61. The molecule has 0 atom stereocenters. The van der Waals surface area contributed by atoms with Crippen LogP contribution in [0.2, 0.25) is 0 Å². The first-order chi connectivity index (χ1) is 14.9. The number of benzene rings is 2. The molecule has 0 spiro atoms. The van der Waals surface area contributed by atoms with Crippen molar-refractivity contribution in [2.75, 3.05) is 19.4 Å². The van der Waals surface area contributed by atoms with E-state index < -0.39 is 31.0 Å². The Bertz CT molecular complexity index is 1330. The van der Waals surface area contributed by atoms with Crippen molar-refractivity contribution in [3.8, 4) is 11.5 Å². The molecule has 170 valence electrons. The summed E-state index contributed by atoms with van der Waals surface area (Å²) in [7, 11) is -4.12. The first-order valence-corrected chi connectivity index (χ1v) is 12.4. The lowest BCUT2D eigenvalue weighted by molar-refractivity contribution is 0.102. The van der Waals surface area contributed by atoms with E-state index >= 15 is 0 Å². The predicted molar refractivity (Wildman–Crippen MR) is 117 cm³/mol. The Morgan fingerprint density at radius 1 is 0.906 bits per heavy atom. The van der Waals surface area contributed by atoms with Crippen molar-refractivity contribution in [1.82, 2.24) is 14.5 Å². The van der Waals surface area contributed by atoms with Gasteiger partial charge >= 0.3 is 6.01 Å². The topological polar surface area (TPSA) is 140 Å². The van der Waals surface area contributed by atoms with E-state index in [1.54, 1.807) is 13.8 Å². The van der Waals surface area contributed by atoms with Gasteiger partial charge in [0, 0.05) is 25.2 Å². The third-order valence-corrected chi connectivity index (χ3v) is 8.59. The second-order valence-corrected chi connectivity index (χ2v) is 12.0. The van der Waals surface area contributed by atoms with Gasteiger partial charge in [-0.25, -0.2) is 21.1 Å². The van der Waals surface area contributed by atoms with E-state index in [0.717, 1.165) is 4.31 Å². The molecule has 0 bridgehead atoms. The van der Waals surface area contributed by atoms with Crippen molar-refractivity contribution in [3.63, 3.8) is 0 Å². The van der Waals surface area contributed by atoms with E-state index in [0.29, 0.717) is 5.56 Å². The number of hydrogen-bond donors (Lipinski definition) is 1. The number of carbonyl (C=O) groups is 1. The number of sulfonamides is 1. The van der Waals surface area contributed by atoms with E-state index in [9.17, 15) is 21.6 Å². The number of aromatic nitrogens is 2. The van der Waals surface area contributed by atoms with Gasteiger partial charge in [-0.3, -0.25) is 10.1 Å². The lowest BCUT2D eigenvalue weighted by atomic mass is 10.2. The van der Waals surface area contributed by atoms with Crippen LogP contribution in [0.1, 0.15) is 24.2 Å². The molecular formula is C20H22N4O6S2. The Kier molecular flexibility index (Phi) is 6.49. The van der Waals surface area contributed by atoms with Crippen LogP contribution in [-0.2, 0) is 19.9 Å². The van der Waals surface area contributed by atoms with E-state index in [1.165, 1.54) is 62.6 Å². The summed E-state index contributed by atoms with van der Waals surface area (Å²) in [6.45, 7) is 3.16. The van der Waals surface area contributed by atoms with Gasteiger partial charge in [0.1, 0.15) is 0 Å². The minimum Gasteiger partial charge on any atom is -0.403 e. The Hall–Kier alpha value is -3.09. The van der Waals surface area contributed by atoms with Gasteiger partial charge in [0.15, 0.2) is 9.84 Å². The van der Waals surface area contributed by atoms with Crippen molar-refractivity contribution in [2.45, 2.75) is 28.9 Å². The van der Waals surface area contributed by atoms with Gasteiger partial charge in [0.2, 0.25) is 15.9 Å². The quantitative estimate of drug-likeness (QED) is 0.546. The molecule has 1 aromatic heterocycles. The molecule has 0 saturated heterocycles. The molecule has 10 nitrogen and oxygen atoms in total. The summed E-state index contributed by atoms with van der Waals surface area (Å²) in [5.41, 5.74) is 0.685. The number of carbonyl (C=O) groups excluding carboxylic acids is 1. The van der Waals surface area contributed by atoms with Gasteiger partial charge in [-0.2, -0.15) is 0 Å². The molecule has 0 fully saturated rings. The number of anilines is 1. The van der Waals surface area contributed by atoms with Crippen LogP contribution < -0.4 is 5.32 Å². The highest BCUT2D eigenvalue weighted by molar-refractivity contribution is 7.92. The summed E-state index contributed by atoms with van der Waals surface area (Å²) in [6, 6.07) is 11.2. The highest BCUT2D eigenvalue weighted by atomic mass is 32.2. The Labute approximate surface area is 186 Å². The number of nitrogens with one attached hydrogen (secondary N) is 1. The Balaban J connectivity index is 1.73. The van der Waals surface area contributed by atoms with Crippen LogP contribution in [0.5, 0.6) is 0 Å². The van der Waals surface area contributed by atoms with Crippen LogP contribution in [0.4, 0.5) is 6.01 Å². The SMILES string of the molecule is CC(C)S(=O)(=O)c1ccc(C(=O)Nc2nnc(-c3ccc(S(=O)(=O)N(C)C)cc3)o2)cc1. The zero-order valence-electron chi connectivity index (χ0n) is 17.8. The number of nitrogens with zero attached hydrogens (tertiary/aromatic N) is 3. The van der Waals surface area contributed by atoms with E-state index in [4.69, 9.17) is 4.42 Å². The maximum Gasteiger partial charge on any atom is 0.322 e. The van der Waals surface area contributed by atoms with Crippen LogP contribution in [0.25, 0.3) is 11.5 Å². The fraction of sp³-hybridized carbons (Fsp3) is 0.250. The molecule has 3 rings (SSSR count). The van der Waals surface area contributed by atoms with Crippen molar-refractivity contribution >= 4 is 31.8 Å². The minimum absolute atomic E-state index is 0.0903. The molecule has 1 amide bonds. The van der Waals surface area contributed by atoms with Gasteiger partial charge in [0.05, 0.1) is 15.0 Å². The highest BCUT2D eigenvalue weighted by Gasteiger charge is 2.20. The largest absolute Gasteiger partial charge is 0.403 e. The molecule has 1 N–H and O–H groups in total. The maximum absolute atomic E-state index is 12.4. The van der Waals surface area contributed by atoms with Gasteiger partial charge in [-0.05, 0) is 62.4 Å². The molecule has 12 heteroatoms. The summed E-state index contributed by atoms with van der Waals surface area (Å²) in [4.78, 5) is 12.7. The zero-order valence-corrected chi connectivity index (χ0v) is 19.4. The van der Waals surface area contributed by atoms with Crippen molar-refractivity contribution in [1.29, 1.82) is 0 Å². The lowest BCUT2D eigenvalue weighted by Crippen LogP contribution is -2.22. The molecule has 2 aromatic carbocycles. The van der Waals surface area contributed by atoms with Crippen molar-refractivity contribution < 1.29 is 26.0 Å². The smallest absolute Gasteiger partial charge is 0.322 e. The predicted octanol–water partition coefficient (Wildman–Crippen LogP) is 2.42. The Morgan fingerprint density at radius 3 is 2.00 bits per heavy atom. The van der Waals surface area contributed by atoms with E-state index in [1.807, 2.05) is 0 Å². The third kappa shape index (κ3) is 4.71. The molecular weight excluding hydrogens is 456 g/mol. The molecule has 0 aliphatic rings. The number of hydrogen-bond acceptors (Lipinski definition) is 8. The fourth-order valence-corrected chi connectivity index (χ4v) is 4.57. The van der Waals surface area contributed by atoms with Crippen LogP contribution >= 0.6 is 0 Å². The van der Waals surface area contributed by atoms with Gasteiger partial charge < -0.3 is 4.42 Å². The minimum atomic E-state index is -3.56. The number of rotatable bonds is 7. The monoisotopic (exact) mass is 478 g/mol. The average molecular weight is 479 g/mol. The normalized spacial score (nSPS) is 12.3. The highest BCUT2D eigenvalue weighted by Crippen LogP contribution is 2.23. The van der Waals surface area contributed by atoms with Gasteiger partial charge in [0.25, 0.3) is 5.91 Å². The van der Waals surface area contributed by atoms with Gasteiger partial charge in [-0.1, -0.05) is 5.10 Å². The third-order valence-electron chi connectivity index (χ3n) is 4.59. The van der Waals surface area contributed by atoms with E-state index in [2.05, 4.69) is 15.5 Å². The summed E-state index contributed by atoms with van der Waals surface area (Å²) < 4.78 is 55.2. The zero-order chi connectivity index (χ0) is 23.7. The second kappa shape index (κ2) is 8.81. The summed E-state index contributed by atoms with van der Waals surface area (Å²) >= 11 is 0. The number of amides is 1. The summed E-state index contributed by atoms with van der Waals surface area (Å²) in [5, 5.41) is 9.50. The molecule has 0 radical (unpaired) electrons. The molecule has 32 heavy (non-hydrogen) atoms. The van der Waals surface area contributed by atoms with Crippen LogP contribution in [-0.4, -0.2) is 56.6 Å². The Morgan fingerprint density at radius 2 is 1.47 bits per heavy atom. The summed E-state index contributed by atoms with van der Waals surface area (Å²) in [6.07, 6.45) is 0. The lowest BCUT2D eigenvalue weighted by Gasteiger charge is -2.11. The summed E-state index contributed by atoms with van der Waals surface area (Å²) in [5.74, 6) is -0.464. The number of sulfone groups is 1. The van der Waals surface area contributed by atoms with Gasteiger partial charge in [-0.15, -0.1) is 5.10 Å². The van der Waals surface area contributed by atoms with E-state index in [-0.39, 0.29) is 27.3 Å². The molecule has 0 aliphatic carbocycles. The van der Waals surface area contributed by atoms with Crippen molar-refractivity contribution in [3.05, 3.63) is 54.1 Å². The second-order valence-electron chi connectivity index (χ2n) is 7.30. The molecule has 1 heterocycles. The maximum atomic E-state index is 12.4. The van der Waals surface area contributed by atoms with Crippen LogP contribution in [0, 0.1) is 0 Å². The molecule has 0 saturated carbocycles. The first kappa shape index (κ1) is 23.6. The van der Waals surface area contributed by atoms with Crippen molar-refractivity contribution in [2.24, 2.45) is 0 Å². The van der Waals surface area contributed by atoms with Crippen LogP contribution in [0.15, 0.2) is 62.7 Å².